The molecule has 0 unspecified atom stereocenters. The Labute approximate surface area is 328 Å². The number of likely N-dealkylation sites (tertiary alicyclic amines) is 1. The number of nitrogens with zero attached hydrogens (tertiary/aromatic N) is 4. The molecule has 12 nitrogen and oxygen atoms in total. The van der Waals surface area contributed by atoms with E-state index in [0.717, 1.165) is 77.1 Å². The maximum atomic E-state index is 13.7. The second kappa shape index (κ2) is 16.8. The third-order valence-corrected chi connectivity index (χ3v) is 11.5. The first-order valence-corrected chi connectivity index (χ1v) is 20.0. The number of anilines is 1. The van der Waals surface area contributed by atoms with Gasteiger partial charge < -0.3 is 30.7 Å². The van der Waals surface area contributed by atoms with Gasteiger partial charge >= 0.3 is 0 Å². The molecule has 2 bridgehead atoms. The molecule has 8 rings (SSSR count). The summed E-state index contributed by atoms with van der Waals surface area (Å²) >= 11 is 0. The Morgan fingerprint density at radius 1 is 0.946 bits per heavy atom. The number of rotatable bonds is 14. The summed E-state index contributed by atoms with van der Waals surface area (Å²) in [4.78, 5) is 34.8. The minimum atomic E-state index is -0.276. The number of benzene rings is 3. The number of ether oxygens (including phenoxy) is 2. The summed E-state index contributed by atoms with van der Waals surface area (Å²) in [5.74, 6) is 0.154. The fraction of sp³-hybridized carbons (Fsp3) is 0.409. The van der Waals surface area contributed by atoms with E-state index in [-0.39, 0.29) is 30.9 Å². The number of nitrogens with one attached hydrogen (secondary N) is 4. The molecule has 3 fully saturated rings. The highest BCUT2D eigenvalue weighted by Gasteiger charge is 2.37. The van der Waals surface area contributed by atoms with Crippen LogP contribution in [0.2, 0.25) is 0 Å². The number of hydrogen-bond donors (Lipinski definition) is 4. The number of pyridine rings is 1. The number of methoxy groups -OCH3 is 1. The predicted molar refractivity (Wildman–Crippen MR) is 218 cm³/mol. The first kappa shape index (κ1) is 37.6. The lowest BCUT2D eigenvalue weighted by atomic mass is 10.00. The van der Waals surface area contributed by atoms with Gasteiger partial charge in [0.05, 0.1) is 24.4 Å². The van der Waals surface area contributed by atoms with Crippen molar-refractivity contribution in [3.63, 3.8) is 0 Å². The average Bonchev–Trinajstić information content (AvgIpc) is 3.99. The summed E-state index contributed by atoms with van der Waals surface area (Å²) in [6.07, 6.45) is 5.60. The topological polar surface area (TPSA) is 135 Å². The molecular weight excluding hydrogens is 705 g/mol. The van der Waals surface area contributed by atoms with Crippen molar-refractivity contribution in [1.29, 1.82) is 0 Å². The fourth-order valence-corrected chi connectivity index (χ4v) is 8.47. The Balaban J connectivity index is 0.945. The van der Waals surface area contributed by atoms with Crippen molar-refractivity contribution in [2.75, 3.05) is 38.7 Å². The van der Waals surface area contributed by atoms with E-state index in [1.165, 1.54) is 12.0 Å². The van der Waals surface area contributed by atoms with Gasteiger partial charge in [0.25, 0.3) is 11.8 Å². The smallest absolute Gasteiger partial charge is 0.251 e. The number of amides is 2. The van der Waals surface area contributed by atoms with Crippen LogP contribution in [0.5, 0.6) is 5.75 Å². The number of aromatic nitrogens is 3. The molecule has 292 valence electrons. The highest BCUT2D eigenvalue weighted by molar-refractivity contribution is 6.00. The molecule has 56 heavy (non-hydrogen) atoms. The van der Waals surface area contributed by atoms with Gasteiger partial charge in [-0.25, -0.2) is 9.67 Å². The van der Waals surface area contributed by atoms with E-state index in [1.54, 1.807) is 31.4 Å². The molecule has 5 heterocycles. The Morgan fingerprint density at radius 3 is 2.43 bits per heavy atom. The van der Waals surface area contributed by atoms with Crippen LogP contribution >= 0.6 is 0 Å². The SMILES string of the molecule is CCc1nc2c(cnn2CC)c(NC2CCOCC2)c1CNC(=O)c1cccc(C(=O)NCc2cc(-c3cccc(CN4C[C@@H]5C[C@@H]4CN5)c3)ccc2OC)c1. The quantitative estimate of drug-likeness (QED) is 0.113. The van der Waals surface area contributed by atoms with E-state index in [0.29, 0.717) is 55.1 Å². The molecule has 3 aliphatic heterocycles. The monoisotopic (exact) mass is 756 g/mol. The maximum absolute atomic E-state index is 13.7. The lowest BCUT2D eigenvalue weighted by Crippen LogP contribution is -2.42. The molecule has 5 aromatic rings. The summed E-state index contributed by atoms with van der Waals surface area (Å²) in [6, 6.07) is 23.1. The molecule has 3 saturated heterocycles. The van der Waals surface area contributed by atoms with Gasteiger partial charge in [0, 0.05) is 98.6 Å². The Bertz CT molecular complexity index is 2210. The summed E-state index contributed by atoms with van der Waals surface area (Å²) < 4.78 is 13.2. The standard InChI is InChI=1S/C44H52N8O4/c1-4-39-37(41(49-34-14-16-56-17-15-34)38-25-48-52(5-2)42(38)50-39)24-47-44(54)32-11-7-10-31(20-32)43(53)46-22-33-19-30(12-13-40(33)55-3)29-9-6-8-28(18-29)26-51-27-35-21-36(51)23-45-35/h6-13,18-20,25,34-36,45H,4-5,14-17,21-24,26-27H2,1-3H3,(H,46,53)(H,47,54)(H,49,50)/t35-,36+/m0/s1. The highest BCUT2D eigenvalue weighted by atomic mass is 16.5. The molecule has 3 aliphatic rings. The third kappa shape index (κ3) is 8.00. The molecule has 0 spiro atoms. The number of fused-ring (bicyclic) bond motifs is 3. The molecule has 2 atom stereocenters. The van der Waals surface area contributed by atoms with Crippen LogP contribution in [-0.2, 0) is 37.3 Å². The Morgan fingerprint density at radius 2 is 1.71 bits per heavy atom. The highest BCUT2D eigenvalue weighted by Crippen LogP contribution is 2.32. The van der Waals surface area contributed by atoms with Crippen molar-refractivity contribution in [2.24, 2.45) is 0 Å². The number of hydrogen-bond acceptors (Lipinski definition) is 9. The summed E-state index contributed by atoms with van der Waals surface area (Å²) in [7, 11) is 1.64. The molecule has 3 aromatic carbocycles. The van der Waals surface area contributed by atoms with E-state index in [9.17, 15) is 9.59 Å². The zero-order valence-corrected chi connectivity index (χ0v) is 32.6. The van der Waals surface area contributed by atoms with E-state index in [2.05, 4.69) is 81.5 Å². The minimum absolute atomic E-state index is 0.250. The Kier molecular flexibility index (Phi) is 11.3. The zero-order valence-electron chi connectivity index (χ0n) is 32.6. The molecule has 2 aromatic heterocycles. The van der Waals surface area contributed by atoms with Crippen molar-refractivity contribution in [2.45, 2.75) is 83.8 Å². The fourth-order valence-electron chi connectivity index (χ4n) is 8.47. The van der Waals surface area contributed by atoms with Crippen molar-refractivity contribution in [3.05, 3.63) is 106 Å². The molecule has 0 aliphatic carbocycles. The van der Waals surface area contributed by atoms with E-state index in [4.69, 9.17) is 14.5 Å². The number of carbonyl (C=O) groups excluding carboxylic acids is 2. The van der Waals surface area contributed by atoms with Crippen LogP contribution in [0.4, 0.5) is 5.69 Å². The van der Waals surface area contributed by atoms with Crippen LogP contribution in [0.1, 0.15) is 76.2 Å². The van der Waals surface area contributed by atoms with Gasteiger partial charge in [-0.3, -0.25) is 14.5 Å². The third-order valence-electron chi connectivity index (χ3n) is 11.5. The number of piperazine rings is 1. The van der Waals surface area contributed by atoms with Crippen LogP contribution in [-0.4, -0.2) is 83.0 Å². The molecular formula is C44H52N8O4. The van der Waals surface area contributed by atoms with Crippen molar-refractivity contribution in [3.8, 4) is 16.9 Å². The van der Waals surface area contributed by atoms with Crippen LogP contribution in [0.3, 0.4) is 0 Å². The van der Waals surface area contributed by atoms with Crippen LogP contribution in [0.25, 0.3) is 22.2 Å². The molecule has 12 heteroatoms. The normalized spacial score (nSPS) is 18.3. The van der Waals surface area contributed by atoms with Crippen molar-refractivity contribution in [1.82, 2.24) is 35.6 Å². The van der Waals surface area contributed by atoms with Crippen LogP contribution in [0, 0.1) is 0 Å². The van der Waals surface area contributed by atoms with Gasteiger partial charge in [0.2, 0.25) is 0 Å². The average molecular weight is 757 g/mol. The number of aryl methyl sites for hydroxylation is 2. The first-order chi connectivity index (χ1) is 27.4. The zero-order chi connectivity index (χ0) is 38.6. The molecule has 0 radical (unpaired) electrons. The first-order valence-electron chi connectivity index (χ1n) is 20.0. The summed E-state index contributed by atoms with van der Waals surface area (Å²) in [5, 5.41) is 19.1. The maximum Gasteiger partial charge on any atom is 0.251 e. The second-order valence-corrected chi connectivity index (χ2v) is 15.1. The van der Waals surface area contributed by atoms with Crippen molar-refractivity contribution < 1.29 is 19.1 Å². The lowest BCUT2D eigenvalue weighted by molar-refractivity contribution is 0.0904. The van der Waals surface area contributed by atoms with Gasteiger partial charge in [-0.2, -0.15) is 5.10 Å². The van der Waals surface area contributed by atoms with E-state index >= 15 is 0 Å². The predicted octanol–water partition coefficient (Wildman–Crippen LogP) is 5.69. The summed E-state index contributed by atoms with van der Waals surface area (Å²) in [5.41, 5.74) is 8.82. The van der Waals surface area contributed by atoms with E-state index < -0.39 is 0 Å². The van der Waals surface area contributed by atoms with Crippen LogP contribution in [0.15, 0.2) is 72.9 Å². The molecule has 4 N–H and O–H groups in total. The van der Waals surface area contributed by atoms with Crippen molar-refractivity contribution >= 4 is 28.5 Å². The Hall–Kier alpha value is -5.30. The second-order valence-electron chi connectivity index (χ2n) is 15.1. The lowest BCUT2D eigenvalue weighted by Gasteiger charge is -2.27. The van der Waals surface area contributed by atoms with E-state index in [1.807, 2.05) is 16.9 Å². The molecule has 2 amide bonds. The minimum Gasteiger partial charge on any atom is -0.496 e. The van der Waals surface area contributed by atoms with Gasteiger partial charge in [-0.1, -0.05) is 37.3 Å². The van der Waals surface area contributed by atoms with Gasteiger partial charge in [-0.15, -0.1) is 0 Å². The molecule has 0 saturated carbocycles. The van der Waals surface area contributed by atoms with Gasteiger partial charge in [-0.05, 0) is 85.7 Å². The summed E-state index contributed by atoms with van der Waals surface area (Å²) in [6.45, 7) is 9.93. The number of carbonyl (C=O) groups is 2. The van der Waals surface area contributed by atoms with Gasteiger partial charge in [0.15, 0.2) is 5.65 Å². The van der Waals surface area contributed by atoms with Crippen LogP contribution < -0.4 is 26.0 Å². The largest absolute Gasteiger partial charge is 0.496 e. The van der Waals surface area contributed by atoms with Gasteiger partial charge in [0.1, 0.15) is 5.75 Å².